The number of hydrogen-bond acceptors (Lipinski definition) is 4. The number of nitrogens with zero attached hydrogens (tertiary/aromatic N) is 2. The molecule has 0 saturated heterocycles. The third kappa shape index (κ3) is 7.36. The molecule has 0 fully saturated rings. The van der Waals surface area contributed by atoms with Crippen LogP contribution in [0.1, 0.15) is 32.8 Å². The lowest BCUT2D eigenvalue weighted by Gasteiger charge is -2.32. The number of rotatable bonds is 11. The zero-order valence-corrected chi connectivity index (χ0v) is 24.6. The topological polar surface area (TPSA) is 86.8 Å². The summed E-state index contributed by atoms with van der Waals surface area (Å²) < 4.78 is 29.4. The van der Waals surface area contributed by atoms with Gasteiger partial charge in [-0.05, 0) is 62.2 Å². The maximum absolute atomic E-state index is 13.9. The Kier molecular flexibility index (Phi) is 10.4. The SMILES string of the molecule is CC[C@H](C)NC(=O)[C@H](C)N(Cc1ccc(Br)cc1)C(=O)CN(c1ccccc1Cl)S(=O)(=O)c1ccccc1. The molecule has 0 radical (unpaired) electrons. The lowest BCUT2D eigenvalue weighted by Crippen LogP contribution is -2.52. The van der Waals surface area contributed by atoms with Gasteiger partial charge >= 0.3 is 0 Å². The van der Waals surface area contributed by atoms with Crippen LogP contribution in [0.25, 0.3) is 0 Å². The van der Waals surface area contributed by atoms with Crippen molar-refractivity contribution < 1.29 is 18.0 Å². The molecule has 0 aromatic heterocycles. The zero-order chi connectivity index (χ0) is 27.9. The molecule has 1 N–H and O–H groups in total. The quantitative estimate of drug-likeness (QED) is 0.301. The molecule has 0 unspecified atom stereocenters. The van der Waals surface area contributed by atoms with Crippen LogP contribution in [0, 0.1) is 0 Å². The van der Waals surface area contributed by atoms with Crippen LogP contribution in [0.4, 0.5) is 5.69 Å². The Bertz CT molecular complexity index is 1350. The van der Waals surface area contributed by atoms with E-state index in [0.29, 0.717) is 0 Å². The largest absolute Gasteiger partial charge is 0.352 e. The minimum Gasteiger partial charge on any atom is -0.352 e. The maximum Gasteiger partial charge on any atom is 0.264 e. The van der Waals surface area contributed by atoms with Gasteiger partial charge in [0.1, 0.15) is 12.6 Å². The first kappa shape index (κ1) is 29.7. The van der Waals surface area contributed by atoms with Gasteiger partial charge in [-0.3, -0.25) is 13.9 Å². The van der Waals surface area contributed by atoms with Crippen molar-refractivity contribution in [3.05, 3.63) is 93.9 Å². The number of hydrogen-bond donors (Lipinski definition) is 1. The number of carbonyl (C=O) groups excluding carboxylic acids is 2. The van der Waals surface area contributed by atoms with Gasteiger partial charge in [-0.2, -0.15) is 0 Å². The molecule has 0 heterocycles. The van der Waals surface area contributed by atoms with Gasteiger partial charge in [0.25, 0.3) is 10.0 Å². The normalized spacial score (nSPS) is 12.9. The zero-order valence-electron chi connectivity index (χ0n) is 21.5. The predicted molar refractivity (Wildman–Crippen MR) is 154 cm³/mol. The molecular formula is C28H31BrClN3O4S. The molecule has 0 aliphatic carbocycles. The van der Waals surface area contributed by atoms with E-state index >= 15 is 0 Å². The summed E-state index contributed by atoms with van der Waals surface area (Å²) in [6.45, 7) is 5.05. The molecule has 2 amide bonds. The van der Waals surface area contributed by atoms with Crippen LogP contribution in [0.2, 0.25) is 5.02 Å². The van der Waals surface area contributed by atoms with Crippen LogP contribution >= 0.6 is 27.5 Å². The summed E-state index contributed by atoms with van der Waals surface area (Å²) in [5.41, 5.74) is 0.964. The fourth-order valence-corrected chi connectivity index (χ4v) is 5.73. The third-order valence-electron chi connectivity index (χ3n) is 6.17. The Balaban J connectivity index is 2.02. The van der Waals surface area contributed by atoms with Crippen molar-refractivity contribution in [1.29, 1.82) is 0 Å². The van der Waals surface area contributed by atoms with Gasteiger partial charge in [0.2, 0.25) is 11.8 Å². The smallest absolute Gasteiger partial charge is 0.264 e. The number of carbonyl (C=O) groups is 2. The van der Waals surface area contributed by atoms with Crippen LogP contribution in [0.15, 0.2) is 88.2 Å². The molecule has 3 rings (SSSR count). The first-order valence-electron chi connectivity index (χ1n) is 12.2. The van der Waals surface area contributed by atoms with Crippen molar-refractivity contribution in [3.63, 3.8) is 0 Å². The summed E-state index contributed by atoms with van der Waals surface area (Å²) in [5, 5.41) is 3.10. The third-order valence-corrected chi connectivity index (χ3v) is 8.79. The highest BCUT2D eigenvalue weighted by Gasteiger charge is 2.33. The highest BCUT2D eigenvalue weighted by atomic mass is 79.9. The first-order chi connectivity index (χ1) is 18.0. The van der Waals surface area contributed by atoms with Crippen molar-refractivity contribution in [2.75, 3.05) is 10.8 Å². The lowest BCUT2D eigenvalue weighted by atomic mass is 10.1. The molecule has 0 bridgehead atoms. The summed E-state index contributed by atoms with van der Waals surface area (Å²) in [7, 11) is -4.16. The van der Waals surface area contributed by atoms with Crippen molar-refractivity contribution in [3.8, 4) is 0 Å². The van der Waals surface area contributed by atoms with Crippen LogP contribution in [0.3, 0.4) is 0 Å². The van der Waals surface area contributed by atoms with E-state index in [4.69, 9.17) is 11.6 Å². The summed E-state index contributed by atoms with van der Waals surface area (Å²) in [4.78, 5) is 28.4. The van der Waals surface area contributed by atoms with Crippen LogP contribution in [0.5, 0.6) is 0 Å². The van der Waals surface area contributed by atoms with Crippen molar-refractivity contribution >= 4 is 55.1 Å². The monoisotopic (exact) mass is 619 g/mol. The molecule has 7 nitrogen and oxygen atoms in total. The molecule has 0 aliphatic rings. The van der Waals surface area contributed by atoms with E-state index in [1.165, 1.54) is 17.0 Å². The Morgan fingerprint density at radius 2 is 1.55 bits per heavy atom. The van der Waals surface area contributed by atoms with E-state index in [1.54, 1.807) is 49.4 Å². The van der Waals surface area contributed by atoms with Gasteiger partial charge in [0.05, 0.1) is 15.6 Å². The molecule has 202 valence electrons. The van der Waals surface area contributed by atoms with Gasteiger partial charge in [0, 0.05) is 17.1 Å². The summed E-state index contributed by atoms with van der Waals surface area (Å²) >= 11 is 9.81. The molecule has 38 heavy (non-hydrogen) atoms. The number of anilines is 1. The average molecular weight is 621 g/mol. The number of halogens is 2. The van der Waals surface area contributed by atoms with Gasteiger partial charge < -0.3 is 10.2 Å². The second-order valence-corrected chi connectivity index (χ2v) is 12.1. The van der Waals surface area contributed by atoms with Gasteiger partial charge in [-0.1, -0.05) is 76.9 Å². The molecule has 3 aromatic carbocycles. The second-order valence-electron chi connectivity index (χ2n) is 8.92. The Morgan fingerprint density at radius 1 is 0.947 bits per heavy atom. The Labute approximate surface area is 238 Å². The van der Waals surface area contributed by atoms with Crippen LogP contribution < -0.4 is 9.62 Å². The Morgan fingerprint density at radius 3 is 2.16 bits per heavy atom. The van der Waals surface area contributed by atoms with Gasteiger partial charge in [-0.15, -0.1) is 0 Å². The number of amides is 2. The standard InChI is InChI=1S/C28H31BrClN3O4S/c1-4-20(2)31-28(35)21(3)32(18-22-14-16-23(29)17-15-22)27(34)19-33(26-13-9-8-12-25(26)30)38(36,37)24-10-6-5-7-11-24/h5-17,20-21H,4,18-19H2,1-3H3,(H,31,35)/t20-,21-/m0/s1. The van der Waals surface area contributed by atoms with Crippen molar-refractivity contribution in [1.82, 2.24) is 10.2 Å². The maximum atomic E-state index is 13.9. The van der Waals surface area contributed by atoms with E-state index in [-0.39, 0.29) is 34.1 Å². The summed E-state index contributed by atoms with van der Waals surface area (Å²) in [5.74, 6) is -0.862. The minimum atomic E-state index is -4.16. The molecular weight excluding hydrogens is 590 g/mol. The van der Waals surface area contributed by atoms with E-state index in [0.717, 1.165) is 20.8 Å². The van der Waals surface area contributed by atoms with Gasteiger partial charge in [0.15, 0.2) is 0 Å². The number of benzene rings is 3. The lowest BCUT2D eigenvalue weighted by molar-refractivity contribution is -0.139. The molecule has 0 saturated carbocycles. The van der Waals surface area contributed by atoms with E-state index < -0.39 is 28.5 Å². The minimum absolute atomic E-state index is 0.0229. The Hall–Kier alpha value is -2.88. The van der Waals surface area contributed by atoms with Crippen LogP contribution in [-0.4, -0.2) is 43.8 Å². The van der Waals surface area contributed by atoms with E-state index in [9.17, 15) is 18.0 Å². The highest BCUT2D eigenvalue weighted by molar-refractivity contribution is 9.10. The molecule has 0 spiro atoms. The van der Waals surface area contributed by atoms with Gasteiger partial charge in [-0.25, -0.2) is 8.42 Å². The molecule has 0 aliphatic heterocycles. The van der Waals surface area contributed by atoms with Crippen molar-refractivity contribution in [2.24, 2.45) is 0 Å². The first-order valence-corrected chi connectivity index (χ1v) is 14.8. The second kappa shape index (κ2) is 13.3. The summed E-state index contributed by atoms with van der Waals surface area (Å²) in [6, 6.07) is 20.8. The van der Waals surface area contributed by atoms with Crippen LogP contribution in [-0.2, 0) is 26.2 Å². The average Bonchev–Trinajstić information content (AvgIpc) is 2.91. The molecule has 2 atom stereocenters. The summed E-state index contributed by atoms with van der Waals surface area (Å²) in [6.07, 6.45) is 0.731. The number of sulfonamides is 1. The fourth-order valence-electron chi connectivity index (χ4n) is 3.72. The van der Waals surface area contributed by atoms with E-state index in [1.807, 2.05) is 38.1 Å². The number of nitrogens with one attached hydrogen (secondary N) is 1. The van der Waals surface area contributed by atoms with E-state index in [2.05, 4.69) is 21.2 Å². The predicted octanol–water partition coefficient (Wildman–Crippen LogP) is 5.63. The fraction of sp³-hybridized carbons (Fsp3) is 0.286. The number of para-hydroxylation sites is 1. The molecule has 10 heteroatoms. The van der Waals surface area contributed by atoms with Crippen molar-refractivity contribution in [2.45, 2.75) is 50.7 Å². The molecule has 3 aromatic rings. The highest BCUT2D eigenvalue weighted by Crippen LogP contribution is 2.30.